The van der Waals surface area contributed by atoms with E-state index in [0.717, 1.165) is 0 Å². The van der Waals surface area contributed by atoms with Gasteiger partial charge in [-0.25, -0.2) is 0 Å². The highest BCUT2D eigenvalue weighted by Crippen LogP contribution is 1.77. The van der Waals surface area contributed by atoms with Crippen molar-refractivity contribution in [1.29, 1.82) is 0 Å². The van der Waals surface area contributed by atoms with E-state index >= 15 is 0 Å². The minimum absolute atomic E-state index is 0.0504. The number of thiocarbonyl (C=S) groups is 1. The summed E-state index contributed by atoms with van der Waals surface area (Å²) in [7, 11) is 0. The minimum atomic E-state index is -0.0504. The largest absolute Gasteiger partial charge is 0.486 e. The van der Waals surface area contributed by atoms with E-state index < -0.39 is 0 Å². The monoisotopic (exact) mass is 161 g/mol. The number of carbonyl (C=O) groups excluding carboxylic acids is 1. The first-order chi connectivity index (χ1) is 4.63. The fourth-order valence-corrected chi connectivity index (χ4v) is 0.505. The molecule has 0 saturated heterocycles. The maximum atomic E-state index is 10.3. The van der Waals surface area contributed by atoms with Gasteiger partial charge in [0.2, 0.25) is 5.91 Å². The highest BCUT2D eigenvalue weighted by molar-refractivity contribution is 7.80. The van der Waals surface area contributed by atoms with Crippen molar-refractivity contribution >= 4 is 23.2 Å². The Morgan fingerprint density at radius 2 is 2.20 bits per heavy atom. The van der Waals surface area contributed by atoms with Crippen LogP contribution in [0.5, 0.6) is 0 Å². The molecular weight excluding hydrogens is 150 g/mol. The zero-order valence-corrected chi connectivity index (χ0v) is 6.96. The van der Waals surface area contributed by atoms with Crippen molar-refractivity contribution in [1.82, 2.24) is 5.32 Å². The van der Waals surface area contributed by atoms with E-state index in [1.165, 1.54) is 6.92 Å². The molecule has 0 atom stereocenters. The SMILES string of the molecule is CC(=O)NCCOC(C)=S. The highest BCUT2D eigenvalue weighted by Gasteiger charge is 1.90. The summed E-state index contributed by atoms with van der Waals surface area (Å²) in [6.07, 6.45) is 0. The molecule has 0 saturated carbocycles. The quantitative estimate of drug-likeness (QED) is 0.483. The molecule has 0 radical (unpaired) electrons. The average molecular weight is 161 g/mol. The van der Waals surface area contributed by atoms with E-state index in [-0.39, 0.29) is 5.91 Å². The van der Waals surface area contributed by atoms with E-state index in [2.05, 4.69) is 17.5 Å². The first-order valence-corrected chi connectivity index (χ1v) is 3.41. The Balaban J connectivity index is 3.06. The molecule has 0 rings (SSSR count). The third kappa shape index (κ3) is 7.36. The second-order valence-corrected chi connectivity index (χ2v) is 2.40. The second-order valence-electron chi connectivity index (χ2n) is 1.82. The van der Waals surface area contributed by atoms with Gasteiger partial charge in [0, 0.05) is 13.8 Å². The standard InChI is InChI=1S/C6H11NO2S/c1-5(8)7-3-4-9-6(2)10/h3-4H2,1-2H3,(H,7,8). The zero-order valence-electron chi connectivity index (χ0n) is 6.14. The van der Waals surface area contributed by atoms with Crippen LogP contribution in [0.1, 0.15) is 13.8 Å². The van der Waals surface area contributed by atoms with Gasteiger partial charge in [0.1, 0.15) is 6.61 Å². The van der Waals surface area contributed by atoms with E-state index in [0.29, 0.717) is 18.2 Å². The van der Waals surface area contributed by atoms with Crippen LogP contribution in [-0.2, 0) is 9.53 Å². The normalized spacial score (nSPS) is 8.60. The lowest BCUT2D eigenvalue weighted by Crippen LogP contribution is -2.24. The van der Waals surface area contributed by atoms with Gasteiger partial charge in [0.15, 0.2) is 5.05 Å². The van der Waals surface area contributed by atoms with Crippen LogP contribution in [-0.4, -0.2) is 24.1 Å². The molecule has 0 aromatic heterocycles. The van der Waals surface area contributed by atoms with Crippen molar-refractivity contribution < 1.29 is 9.53 Å². The fourth-order valence-electron chi connectivity index (χ4n) is 0.422. The van der Waals surface area contributed by atoms with Gasteiger partial charge in [0.05, 0.1) is 6.54 Å². The number of nitrogens with one attached hydrogen (secondary N) is 1. The Kier molecular flexibility index (Phi) is 4.84. The summed E-state index contributed by atoms with van der Waals surface area (Å²) in [4.78, 5) is 10.3. The highest BCUT2D eigenvalue weighted by atomic mass is 32.1. The van der Waals surface area contributed by atoms with Crippen LogP contribution in [0.15, 0.2) is 0 Å². The summed E-state index contributed by atoms with van der Waals surface area (Å²) in [5.74, 6) is -0.0504. The van der Waals surface area contributed by atoms with E-state index in [9.17, 15) is 4.79 Å². The molecule has 0 aromatic carbocycles. The number of ether oxygens (including phenoxy) is 1. The van der Waals surface area contributed by atoms with Crippen molar-refractivity contribution in [3.05, 3.63) is 0 Å². The van der Waals surface area contributed by atoms with E-state index in [1.807, 2.05) is 0 Å². The van der Waals surface area contributed by atoms with Crippen LogP contribution in [0, 0.1) is 0 Å². The molecule has 1 N–H and O–H groups in total. The molecule has 3 nitrogen and oxygen atoms in total. The van der Waals surface area contributed by atoms with Crippen molar-refractivity contribution in [2.45, 2.75) is 13.8 Å². The van der Waals surface area contributed by atoms with Gasteiger partial charge in [0.25, 0.3) is 0 Å². The van der Waals surface area contributed by atoms with Crippen molar-refractivity contribution in [3.63, 3.8) is 0 Å². The first-order valence-electron chi connectivity index (χ1n) is 3.00. The molecule has 0 unspecified atom stereocenters. The summed E-state index contributed by atoms with van der Waals surface area (Å²) in [6, 6.07) is 0. The maximum Gasteiger partial charge on any atom is 0.216 e. The lowest BCUT2D eigenvalue weighted by molar-refractivity contribution is -0.119. The maximum absolute atomic E-state index is 10.3. The van der Waals surface area contributed by atoms with Crippen LogP contribution in [0.2, 0.25) is 0 Å². The van der Waals surface area contributed by atoms with Crippen LogP contribution in [0.25, 0.3) is 0 Å². The molecule has 0 aromatic rings. The van der Waals surface area contributed by atoms with Gasteiger partial charge < -0.3 is 10.1 Å². The zero-order chi connectivity index (χ0) is 7.98. The van der Waals surface area contributed by atoms with Crippen LogP contribution in [0.4, 0.5) is 0 Å². The molecule has 1 amide bonds. The Morgan fingerprint density at radius 3 is 2.60 bits per heavy atom. The Bertz CT molecular complexity index is 120. The van der Waals surface area contributed by atoms with Crippen molar-refractivity contribution in [3.8, 4) is 0 Å². The first kappa shape index (κ1) is 9.36. The summed E-state index contributed by atoms with van der Waals surface area (Å²) in [5, 5.41) is 3.08. The summed E-state index contributed by atoms with van der Waals surface area (Å²) in [5.41, 5.74) is 0. The van der Waals surface area contributed by atoms with E-state index in [4.69, 9.17) is 4.74 Å². The molecule has 0 aliphatic heterocycles. The second kappa shape index (κ2) is 5.17. The van der Waals surface area contributed by atoms with Crippen LogP contribution >= 0.6 is 12.2 Å². The van der Waals surface area contributed by atoms with Crippen molar-refractivity contribution in [2.24, 2.45) is 0 Å². The summed E-state index contributed by atoms with van der Waals surface area (Å²) in [6.45, 7) is 4.13. The van der Waals surface area contributed by atoms with Gasteiger partial charge in [-0.15, -0.1) is 0 Å². The predicted octanol–water partition coefficient (Wildman–Crippen LogP) is 0.486. The minimum Gasteiger partial charge on any atom is -0.486 e. The smallest absolute Gasteiger partial charge is 0.216 e. The Labute approximate surface area is 65.7 Å². The third-order valence-electron chi connectivity index (χ3n) is 0.781. The van der Waals surface area contributed by atoms with Gasteiger partial charge in [-0.3, -0.25) is 4.79 Å². The third-order valence-corrected chi connectivity index (χ3v) is 0.899. The molecule has 0 bridgehead atoms. The molecule has 0 heterocycles. The Hall–Kier alpha value is -0.640. The number of hydrogen-bond donors (Lipinski definition) is 1. The molecule has 4 heteroatoms. The van der Waals surface area contributed by atoms with Gasteiger partial charge in [-0.1, -0.05) is 0 Å². The van der Waals surface area contributed by atoms with Gasteiger partial charge in [-0.2, -0.15) is 0 Å². The molecule has 0 spiro atoms. The Morgan fingerprint density at radius 1 is 1.60 bits per heavy atom. The summed E-state index contributed by atoms with van der Waals surface area (Å²) >= 11 is 4.64. The van der Waals surface area contributed by atoms with E-state index in [1.54, 1.807) is 6.92 Å². The number of hydrogen-bond acceptors (Lipinski definition) is 3. The predicted molar refractivity (Wildman–Crippen MR) is 42.9 cm³/mol. The number of rotatable bonds is 3. The topological polar surface area (TPSA) is 38.3 Å². The number of carbonyl (C=O) groups is 1. The van der Waals surface area contributed by atoms with Crippen LogP contribution in [0.3, 0.4) is 0 Å². The molecular formula is C6H11NO2S. The lowest BCUT2D eigenvalue weighted by atomic mass is 10.6. The van der Waals surface area contributed by atoms with Crippen LogP contribution < -0.4 is 5.32 Å². The molecule has 0 aliphatic carbocycles. The molecule has 10 heavy (non-hydrogen) atoms. The van der Waals surface area contributed by atoms with Crippen molar-refractivity contribution in [2.75, 3.05) is 13.2 Å². The number of amides is 1. The average Bonchev–Trinajstić information content (AvgIpc) is 1.79. The fraction of sp³-hybridized carbons (Fsp3) is 0.667. The molecule has 0 fully saturated rings. The molecule has 58 valence electrons. The van der Waals surface area contributed by atoms with Gasteiger partial charge >= 0.3 is 0 Å². The van der Waals surface area contributed by atoms with Gasteiger partial charge in [-0.05, 0) is 12.2 Å². The molecule has 0 aliphatic rings. The summed E-state index contributed by atoms with van der Waals surface area (Å²) < 4.78 is 4.91. The lowest BCUT2D eigenvalue weighted by Gasteiger charge is -2.02.